The summed E-state index contributed by atoms with van der Waals surface area (Å²) in [6, 6.07) is 8.48. The molecule has 26 heavy (non-hydrogen) atoms. The monoisotopic (exact) mass is 358 g/mol. The van der Waals surface area contributed by atoms with Crippen LogP contribution >= 0.6 is 0 Å². The number of para-hydroxylation sites is 1. The zero-order valence-corrected chi connectivity index (χ0v) is 16.8. The highest BCUT2D eigenvalue weighted by Crippen LogP contribution is 2.22. The highest BCUT2D eigenvalue weighted by molar-refractivity contribution is 5.33. The quantitative estimate of drug-likeness (QED) is 0.183. The fourth-order valence-corrected chi connectivity index (χ4v) is 3.24. The smallest absolute Gasteiger partial charge is 0.122 e. The Morgan fingerprint density at radius 1 is 0.923 bits per heavy atom. The molecule has 1 fully saturated rings. The lowest BCUT2D eigenvalue weighted by Gasteiger charge is -2.10. The van der Waals surface area contributed by atoms with Gasteiger partial charge in [0.05, 0.1) is 6.61 Å². The van der Waals surface area contributed by atoms with Gasteiger partial charge >= 0.3 is 0 Å². The van der Waals surface area contributed by atoms with Gasteiger partial charge in [-0.15, -0.1) is 0 Å². The minimum atomic E-state index is 0.329. The molecule has 2 rings (SSSR count). The van der Waals surface area contributed by atoms with Crippen molar-refractivity contribution in [2.75, 3.05) is 13.2 Å². The lowest BCUT2D eigenvalue weighted by molar-refractivity contribution is 0.261. The molecule has 1 aliphatic heterocycles. The number of aryl methyl sites for hydroxylation is 1. The molecule has 1 aromatic carbocycles. The Morgan fingerprint density at radius 2 is 1.58 bits per heavy atom. The van der Waals surface area contributed by atoms with Crippen molar-refractivity contribution >= 4 is 0 Å². The van der Waals surface area contributed by atoms with E-state index in [2.05, 4.69) is 43.3 Å². The van der Waals surface area contributed by atoms with Crippen LogP contribution in [0.2, 0.25) is 0 Å². The normalized spacial score (nSPS) is 16.3. The van der Waals surface area contributed by atoms with E-state index in [9.17, 15) is 0 Å². The van der Waals surface area contributed by atoms with Crippen molar-refractivity contribution in [2.24, 2.45) is 0 Å². The molecule has 0 aliphatic carbocycles. The number of epoxide rings is 1. The summed E-state index contributed by atoms with van der Waals surface area (Å²) in [5.74, 6) is 1.05. The molecule has 0 aromatic heterocycles. The molecule has 1 atom stereocenters. The van der Waals surface area contributed by atoms with Crippen LogP contribution in [0.3, 0.4) is 0 Å². The Hall–Kier alpha value is -1.28. The predicted octanol–water partition coefficient (Wildman–Crippen LogP) is 6.87. The Morgan fingerprint density at radius 3 is 2.31 bits per heavy atom. The first-order valence-corrected chi connectivity index (χ1v) is 10.9. The van der Waals surface area contributed by atoms with Crippen LogP contribution in [0, 0.1) is 0 Å². The van der Waals surface area contributed by atoms with Gasteiger partial charge in [-0.2, -0.15) is 0 Å². The van der Waals surface area contributed by atoms with Crippen LogP contribution in [0.4, 0.5) is 0 Å². The van der Waals surface area contributed by atoms with Crippen LogP contribution in [0.5, 0.6) is 5.75 Å². The van der Waals surface area contributed by atoms with E-state index in [1.54, 1.807) is 0 Å². The molecule has 1 saturated heterocycles. The first kappa shape index (κ1) is 21.0. The van der Waals surface area contributed by atoms with E-state index in [1.807, 2.05) is 0 Å². The Balaban J connectivity index is 1.43. The van der Waals surface area contributed by atoms with Crippen LogP contribution in [-0.4, -0.2) is 19.3 Å². The van der Waals surface area contributed by atoms with E-state index in [-0.39, 0.29) is 0 Å². The SMILES string of the molecule is CCC/C=C/CCCCCCCCCCc1ccccc1OCC1CO1. The summed E-state index contributed by atoms with van der Waals surface area (Å²) in [5.41, 5.74) is 1.35. The summed E-state index contributed by atoms with van der Waals surface area (Å²) in [7, 11) is 0. The van der Waals surface area contributed by atoms with Crippen LogP contribution in [0.1, 0.15) is 83.1 Å². The number of benzene rings is 1. The van der Waals surface area contributed by atoms with Crippen molar-refractivity contribution in [2.45, 2.75) is 90.1 Å². The number of allylic oxidation sites excluding steroid dienone is 2. The Labute approximate surface area is 161 Å². The molecule has 1 aliphatic rings. The van der Waals surface area contributed by atoms with Gasteiger partial charge in [0.15, 0.2) is 0 Å². The first-order chi connectivity index (χ1) is 12.9. The van der Waals surface area contributed by atoms with Gasteiger partial charge < -0.3 is 9.47 Å². The molecule has 0 bridgehead atoms. The van der Waals surface area contributed by atoms with Gasteiger partial charge in [-0.05, 0) is 43.7 Å². The summed E-state index contributed by atoms with van der Waals surface area (Å²) in [5, 5.41) is 0. The van der Waals surface area contributed by atoms with Crippen molar-refractivity contribution in [1.29, 1.82) is 0 Å². The van der Waals surface area contributed by atoms with E-state index >= 15 is 0 Å². The second-order valence-electron chi connectivity index (χ2n) is 7.50. The standard InChI is InChI=1S/C24H38O2/c1-2-3-4-5-6-7-8-9-10-11-12-13-14-17-22-18-15-16-19-24(22)26-21-23-20-25-23/h4-5,15-16,18-19,23H,2-3,6-14,17,20-21H2,1H3/b5-4+. The number of unbranched alkanes of at least 4 members (excludes halogenated alkanes) is 9. The minimum absolute atomic E-state index is 0.329. The molecular formula is C24H38O2. The zero-order chi connectivity index (χ0) is 18.3. The van der Waals surface area contributed by atoms with Gasteiger partial charge in [-0.1, -0.05) is 82.2 Å². The highest BCUT2D eigenvalue weighted by Gasteiger charge is 2.23. The fraction of sp³-hybridized carbons (Fsp3) is 0.667. The largest absolute Gasteiger partial charge is 0.491 e. The first-order valence-electron chi connectivity index (χ1n) is 10.9. The fourth-order valence-electron chi connectivity index (χ4n) is 3.24. The van der Waals surface area contributed by atoms with E-state index in [0.29, 0.717) is 12.7 Å². The molecule has 0 radical (unpaired) electrons. The molecule has 146 valence electrons. The average Bonchev–Trinajstić information content (AvgIpc) is 3.49. The maximum Gasteiger partial charge on any atom is 0.122 e. The molecule has 1 aromatic rings. The molecular weight excluding hydrogens is 320 g/mol. The van der Waals surface area contributed by atoms with Crippen LogP contribution in [-0.2, 0) is 11.2 Å². The van der Waals surface area contributed by atoms with Gasteiger partial charge in [-0.25, -0.2) is 0 Å². The summed E-state index contributed by atoms with van der Waals surface area (Å²) in [4.78, 5) is 0. The third-order valence-electron chi connectivity index (χ3n) is 4.99. The molecule has 0 saturated carbocycles. The van der Waals surface area contributed by atoms with Gasteiger partial charge in [-0.3, -0.25) is 0 Å². The van der Waals surface area contributed by atoms with E-state index in [0.717, 1.165) is 18.8 Å². The third-order valence-corrected chi connectivity index (χ3v) is 4.99. The lowest BCUT2D eigenvalue weighted by atomic mass is 10.0. The van der Waals surface area contributed by atoms with Crippen LogP contribution < -0.4 is 4.74 Å². The Kier molecular flexibility index (Phi) is 11.2. The molecule has 1 unspecified atom stereocenters. The van der Waals surface area contributed by atoms with Crippen molar-refractivity contribution in [1.82, 2.24) is 0 Å². The summed E-state index contributed by atoms with van der Waals surface area (Å²) in [6.07, 6.45) is 20.9. The van der Waals surface area contributed by atoms with Crippen LogP contribution in [0.25, 0.3) is 0 Å². The van der Waals surface area contributed by atoms with Crippen molar-refractivity contribution < 1.29 is 9.47 Å². The summed E-state index contributed by atoms with van der Waals surface area (Å²) in [6.45, 7) is 3.80. The average molecular weight is 359 g/mol. The van der Waals surface area contributed by atoms with E-state index in [4.69, 9.17) is 9.47 Å². The van der Waals surface area contributed by atoms with E-state index < -0.39 is 0 Å². The van der Waals surface area contributed by atoms with Crippen molar-refractivity contribution in [3.05, 3.63) is 42.0 Å². The molecule has 2 nitrogen and oxygen atoms in total. The number of ether oxygens (including phenoxy) is 2. The number of hydrogen-bond donors (Lipinski definition) is 0. The predicted molar refractivity (Wildman–Crippen MR) is 111 cm³/mol. The third kappa shape index (κ3) is 10.0. The second kappa shape index (κ2) is 13.9. The van der Waals surface area contributed by atoms with Gasteiger partial charge in [0.1, 0.15) is 18.5 Å². The van der Waals surface area contributed by atoms with Crippen LogP contribution in [0.15, 0.2) is 36.4 Å². The number of rotatable bonds is 16. The topological polar surface area (TPSA) is 21.8 Å². The molecule has 2 heteroatoms. The summed E-state index contributed by atoms with van der Waals surface area (Å²) < 4.78 is 11.1. The molecule has 0 N–H and O–H groups in total. The van der Waals surface area contributed by atoms with Crippen molar-refractivity contribution in [3.8, 4) is 5.75 Å². The maximum atomic E-state index is 5.90. The molecule has 1 heterocycles. The Bertz CT molecular complexity index is 491. The van der Waals surface area contributed by atoms with E-state index in [1.165, 1.54) is 76.2 Å². The maximum absolute atomic E-state index is 5.90. The lowest BCUT2D eigenvalue weighted by Crippen LogP contribution is -2.05. The van der Waals surface area contributed by atoms with Gasteiger partial charge in [0, 0.05) is 0 Å². The van der Waals surface area contributed by atoms with Crippen molar-refractivity contribution in [3.63, 3.8) is 0 Å². The second-order valence-corrected chi connectivity index (χ2v) is 7.50. The molecule has 0 amide bonds. The summed E-state index contributed by atoms with van der Waals surface area (Å²) >= 11 is 0. The minimum Gasteiger partial charge on any atom is -0.491 e. The highest BCUT2D eigenvalue weighted by atomic mass is 16.6. The molecule has 0 spiro atoms. The van der Waals surface area contributed by atoms with Gasteiger partial charge in [0.2, 0.25) is 0 Å². The van der Waals surface area contributed by atoms with Gasteiger partial charge in [0.25, 0.3) is 0 Å². The number of hydrogen-bond acceptors (Lipinski definition) is 2. The zero-order valence-electron chi connectivity index (χ0n) is 16.8.